The smallest absolute Gasteiger partial charge is 0.261 e. The Morgan fingerprint density at radius 3 is 2.25 bits per heavy atom. The Balaban J connectivity index is 1.91. The van der Waals surface area contributed by atoms with Crippen LogP contribution in [0, 0.1) is 0 Å². The average molecular weight is 366 g/mol. The SMILES string of the molecule is NS(=O)(=O)c1cc2c(cc1Cl)C(=O)N(CCc1ccncc1)C2=O. The molecule has 0 saturated heterocycles. The summed E-state index contributed by atoms with van der Waals surface area (Å²) in [7, 11) is -4.09. The van der Waals surface area contributed by atoms with Crippen molar-refractivity contribution < 1.29 is 18.0 Å². The summed E-state index contributed by atoms with van der Waals surface area (Å²) in [6, 6.07) is 5.80. The van der Waals surface area contributed by atoms with Crippen LogP contribution < -0.4 is 5.14 Å². The number of fused-ring (bicyclic) bond motifs is 1. The molecule has 124 valence electrons. The minimum absolute atomic E-state index is 0.0110. The molecule has 1 aliphatic rings. The van der Waals surface area contributed by atoms with Crippen molar-refractivity contribution in [3.05, 3.63) is 58.4 Å². The number of nitrogens with zero attached hydrogens (tertiary/aromatic N) is 2. The third-order valence-corrected chi connectivity index (χ3v) is 5.08. The Morgan fingerprint density at radius 2 is 1.67 bits per heavy atom. The van der Waals surface area contributed by atoms with Gasteiger partial charge in [-0.1, -0.05) is 11.6 Å². The van der Waals surface area contributed by atoms with E-state index in [1.165, 1.54) is 6.07 Å². The van der Waals surface area contributed by atoms with Crippen LogP contribution in [-0.2, 0) is 16.4 Å². The zero-order valence-corrected chi connectivity index (χ0v) is 13.8. The molecule has 7 nitrogen and oxygen atoms in total. The number of nitrogens with two attached hydrogens (primary N) is 1. The quantitative estimate of drug-likeness (QED) is 0.819. The fourth-order valence-electron chi connectivity index (χ4n) is 2.50. The first-order chi connectivity index (χ1) is 11.3. The summed E-state index contributed by atoms with van der Waals surface area (Å²) in [5.41, 5.74) is 0.986. The molecule has 1 aromatic carbocycles. The minimum atomic E-state index is -4.09. The van der Waals surface area contributed by atoms with Crippen LogP contribution >= 0.6 is 11.6 Å². The molecule has 1 aromatic heterocycles. The van der Waals surface area contributed by atoms with Crippen LogP contribution in [0.2, 0.25) is 5.02 Å². The van der Waals surface area contributed by atoms with E-state index in [-0.39, 0.29) is 27.6 Å². The molecule has 24 heavy (non-hydrogen) atoms. The first-order valence-electron chi connectivity index (χ1n) is 6.90. The van der Waals surface area contributed by atoms with E-state index in [9.17, 15) is 18.0 Å². The third-order valence-electron chi connectivity index (χ3n) is 3.70. The summed E-state index contributed by atoms with van der Waals surface area (Å²) in [5, 5.41) is 4.89. The van der Waals surface area contributed by atoms with Crippen LogP contribution in [0.25, 0.3) is 0 Å². The zero-order valence-electron chi connectivity index (χ0n) is 12.3. The fourth-order valence-corrected chi connectivity index (χ4v) is 3.60. The van der Waals surface area contributed by atoms with Gasteiger partial charge in [-0.15, -0.1) is 0 Å². The Hall–Kier alpha value is -2.29. The van der Waals surface area contributed by atoms with E-state index in [0.717, 1.165) is 16.5 Å². The molecule has 0 fully saturated rings. The first-order valence-corrected chi connectivity index (χ1v) is 8.83. The number of pyridine rings is 1. The molecular weight excluding hydrogens is 354 g/mol. The predicted molar refractivity (Wildman–Crippen MR) is 86.1 cm³/mol. The van der Waals surface area contributed by atoms with E-state index in [4.69, 9.17) is 16.7 Å². The topological polar surface area (TPSA) is 110 Å². The number of hydrogen-bond acceptors (Lipinski definition) is 5. The molecule has 3 rings (SSSR count). The normalized spacial score (nSPS) is 14.2. The van der Waals surface area contributed by atoms with E-state index < -0.39 is 21.8 Å². The van der Waals surface area contributed by atoms with Gasteiger partial charge in [0, 0.05) is 18.9 Å². The Bertz CT molecular complexity index is 945. The van der Waals surface area contributed by atoms with Crippen molar-refractivity contribution in [1.82, 2.24) is 9.88 Å². The molecule has 0 spiro atoms. The molecule has 0 aliphatic carbocycles. The van der Waals surface area contributed by atoms with Gasteiger partial charge in [-0.05, 0) is 36.2 Å². The highest BCUT2D eigenvalue weighted by molar-refractivity contribution is 7.89. The monoisotopic (exact) mass is 365 g/mol. The van der Waals surface area contributed by atoms with Gasteiger partial charge in [0.15, 0.2) is 0 Å². The van der Waals surface area contributed by atoms with Crippen molar-refractivity contribution in [2.75, 3.05) is 6.54 Å². The Labute approximate surface area is 143 Å². The summed E-state index contributed by atoms with van der Waals surface area (Å²) < 4.78 is 23.0. The molecule has 0 bridgehead atoms. The second kappa shape index (κ2) is 5.97. The lowest BCUT2D eigenvalue weighted by Gasteiger charge is -2.13. The Kier molecular flexibility index (Phi) is 4.12. The maximum Gasteiger partial charge on any atom is 0.261 e. The van der Waals surface area contributed by atoms with Gasteiger partial charge in [0.2, 0.25) is 10.0 Å². The summed E-state index contributed by atoms with van der Waals surface area (Å²) >= 11 is 5.88. The van der Waals surface area contributed by atoms with Crippen molar-refractivity contribution >= 4 is 33.4 Å². The van der Waals surface area contributed by atoms with Gasteiger partial charge >= 0.3 is 0 Å². The van der Waals surface area contributed by atoms with Crippen LogP contribution in [0.15, 0.2) is 41.6 Å². The second-order valence-corrected chi connectivity index (χ2v) is 7.18. The molecule has 2 heterocycles. The Morgan fingerprint density at radius 1 is 1.08 bits per heavy atom. The van der Waals surface area contributed by atoms with Gasteiger partial charge in [0.05, 0.1) is 16.1 Å². The molecule has 0 radical (unpaired) electrons. The summed E-state index contributed by atoms with van der Waals surface area (Å²) in [4.78, 5) is 29.4. The van der Waals surface area contributed by atoms with Crippen molar-refractivity contribution in [3.8, 4) is 0 Å². The first kappa shape index (κ1) is 16.6. The summed E-state index contributed by atoms with van der Waals surface area (Å²) in [5.74, 6) is -1.07. The van der Waals surface area contributed by atoms with Crippen molar-refractivity contribution in [1.29, 1.82) is 0 Å². The fraction of sp³-hybridized carbons (Fsp3) is 0.133. The number of hydrogen-bond donors (Lipinski definition) is 1. The summed E-state index contributed by atoms with van der Waals surface area (Å²) in [6.07, 6.45) is 3.70. The number of amides is 2. The van der Waals surface area contributed by atoms with Crippen molar-refractivity contribution in [2.24, 2.45) is 5.14 Å². The standard InChI is InChI=1S/C15H12ClN3O4S/c16-12-7-10-11(8-13(12)24(17,22)23)15(21)19(14(10)20)6-3-9-1-4-18-5-2-9/h1-2,4-5,7-8H,3,6H2,(H2,17,22,23). The van der Waals surface area contributed by atoms with Gasteiger partial charge in [-0.25, -0.2) is 13.6 Å². The van der Waals surface area contributed by atoms with E-state index in [1.807, 2.05) is 0 Å². The molecule has 0 saturated carbocycles. The number of imide groups is 1. The van der Waals surface area contributed by atoms with Crippen molar-refractivity contribution in [3.63, 3.8) is 0 Å². The highest BCUT2D eigenvalue weighted by atomic mass is 35.5. The van der Waals surface area contributed by atoms with Gasteiger partial charge in [-0.3, -0.25) is 19.5 Å². The molecular formula is C15H12ClN3O4S. The number of rotatable bonds is 4. The lowest BCUT2D eigenvalue weighted by molar-refractivity contribution is 0.0656. The maximum absolute atomic E-state index is 12.4. The number of aromatic nitrogens is 1. The molecule has 2 aromatic rings. The van der Waals surface area contributed by atoms with E-state index in [2.05, 4.69) is 4.98 Å². The van der Waals surface area contributed by atoms with Crippen LogP contribution in [0.1, 0.15) is 26.3 Å². The van der Waals surface area contributed by atoms with Gasteiger partial charge in [0.25, 0.3) is 11.8 Å². The zero-order chi connectivity index (χ0) is 17.5. The molecule has 2 N–H and O–H groups in total. The number of sulfonamides is 1. The molecule has 0 unspecified atom stereocenters. The van der Waals surface area contributed by atoms with E-state index >= 15 is 0 Å². The molecule has 0 atom stereocenters. The largest absolute Gasteiger partial charge is 0.274 e. The highest BCUT2D eigenvalue weighted by Gasteiger charge is 2.37. The van der Waals surface area contributed by atoms with Crippen LogP contribution in [0.3, 0.4) is 0 Å². The number of carbonyl (C=O) groups excluding carboxylic acids is 2. The minimum Gasteiger partial charge on any atom is -0.274 e. The van der Waals surface area contributed by atoms with E-state index in [0.29, 0.717) is 6.42 Å². The maximum atomic E-state index is 12.4. The molecule has 2 amide bonds. The third kappa shape index (κ3) is 2.91. The van der Waals surface area contributed by atoms with E-state index in [1.54, 1.807) is 24.5 Å². The predicted octanol–water partition coefficient (Wildman–Crippen LogP) is 1.22. The van der Waals surface area contributed by atoms with Gasteiger partial charge in [-0.2, -0.15) is 0 Å². The highest BCUT2D eigenvalue weighted by Crippen LogP contribution is 2.30. The van der Waals surface area contributed by atoms with Crippen molar-refractivity contribution in [2.45, 2.75) is 11.3 Å². The average Bonchev–Trinajstić information content (AvgIpc) is 2.75. The lowest BCUT2D eigenvalue weighted by atomic mass is 10.1. The van der Waals surface area contributed by atoms with Crippen LogP contribution in [0.4, 0.5) is 0 Å². The second-order valence-electron chi connectivity index (χ2n) is 5.24. The van der Waals surface area contributed by atoms with Gasteiger partial charge < -0.3 is 0 Å². The van der Waals surface area contributed by atoms with Gasteiger partial charge in [0.1, 0.15) is 4.90 Å². The van der Waals surface area contributed by atoms with Crippen LogP contribution in [-0.4, -0.2) is 36.7 Å². The number of carbonyl (C=O) groups is 2. The number of primary sulfonamides is 1. The summed E-state index contributed by atoms with van der Waals surface area (Å²) in [6.45, 7) is 0.165. The number of benzene rings is 1. The number of halogens is 1. The molecule has 1 aliphatic heterocycles. The molecule has 9 heteroatoms. The van der Waals surface area contributed by atoms with Crippen LogP contribution in [0.5, 0.6) is 0 Å². The lowest BCUT2D eigenvalue weighted by Crippen LogP contribution is -2.31.